The van der Waals surface area contributed by atoms with Crippen LogP contribution in [-0.4, -0.2) is 24.0 Å². The van der Waals surface area contributed by atoms with Gasteiger partial charge in [0.2, 0.25) is 0 Å². The van der Waals surface area contributed by atoms with E-state index in [1.807, 2.05) is 12.1 Å². The molecule has 0 saturated heterocycles. The van der Waals surface area contributed by atoms with E-state index in [2.05, 4.69) is 32.7 Å². The lowest BCUT2D eigenvalue weighted by atomic mass is 9.83. The Morgan fingerprint density at radius 2 is 1.95 bits per heavy atom. The van der Waals surface area contributed by atoms with Gasteiger partial charge in [0, 0.05) is 24.2 Å². The van der Waals surface area contributed by atoms with Crippen LogP contribution in [0.1, 0.15) is 45.6 Å². The Balaban J connectivity index is 2.88. The van der Waals surface area contributed by atoms with E-state index in [4.69, 9.17) is 5.73 Å². The van der Waals surface area contributed by atoms with Crippen molar-refractivity contribution in [2.45, 2.75) is 52.1 Å². The maximum absolute atomic E-state index is 13.8. The lowest BCUT2D eigenvalue weighted by Gasteiger charge is -2.42. The zero-order valence-corrected chi connectivity index (χ0v) is 13.3. The standard InChI is InChI=1S/C17H29FN2/c1-5-14(3)11-17(6-2,13-19)20(4)12-15-9-7-8-10-16(15)18/h7-10,14H,5-6,11-13,19H2,1-4H3. The highest BCUT2D eigenvalue weighted by atomic mass is 19.1. The van der Waals surface area contributed by atoms with Crippen molar-refractivity contribution in [1.82, 2.24) is 4.90 Å². The van der Waals surface area contributed by atoms with Crippen LogP contribution in [0.2, 0.25) is 0 Å². The largest absolute Gasteiger partial charge is 0.329 e. The predicted molar refractivity (Wildman–Crippen MR) is 84.0 cm³/mol. The van der Waals surface area contributed by atoms with Gasteiger partial charge in [-0.2, -0.15) is 0 Å². The number of rotatable bonds is 8. The van der Waals surface area contributed by atoms with Crippen LogP contribution in [0.25, 0.3) is 0 Å². The average Bonchev–Trinajstić information content (AvgIpc) is 2.46. The zero-order valence-electron chi connectivity index (χ0n) is 13.3. The first kappa shape index (κ1) is 17.1. The lowest BCUT2D eigenvalue weighted by Crippen LogP contribution is -2.52. The van der Waals surface area contributed by atoms with Gasteiger partial charge in [-0.25, -0.2) is 4.39 Å². The van der Waals surface area contributed by atoms with Gasteiger partial charge in [0.15, 0.2) is 0 Å². The van der Waals surface area contributed by atoms with Gasteiger partial charge in [-0.3, -0.25) is 4.90 Å². The van der Waals surface area contributed by atoms with Gasteiger partial charge in [0.1, 0.15) is 5.82 Å². The number of benzene rings is 1. The average molecular weight is 280 g/mol. The molecule has 0 aliphatic heterocycles. The molecule has 2 unspecified atom stereocenters. The van der Waals surface area contributed by atoms with E-state index in [0.717, 1.165) is 24.8 Å². The summed E-state index contributed by atoms with van der Waals surface area (Å²) in [5.41, 5.74) is 6.78. The number of hydrogen-bond donors (Lipinski definition) is 1. The molecule has 1 aromatic carbocycles. The van der Waals surface area contributed by atoms with Gasteiger partial charge in [-0.1, -0.05) is 45.4 Å². The van der Waals surface area contributed by atoms with E-state index < -0.39 is 0 Å². The van der Waals surface area contributed by atoms with Crippen molar-refractivity contribution in [3.8, 4) is 0 Å². The second-order valence-corrected chi connectivity index (χ2v) is 5.95. The van der Waals surface area contributed by atoms with Crippen LogP contribution < -0.4 is 5.73 Å². The van der Waals surface area contributed by atoms with Crippen LogP contribution in [-0.2, 0) is 6.54 Å². The Bertz CT molecular complexity index is 402. The SMILES string of the molecule is CCC(C)CC(CC)(CN)N(C)Cc1ccccc1F. The maximum atomic E-state index is 13.8. The normalized spacial score (nSPS) is 16.1. The molecule has 0 fully saturated rings. The molecule has 0 spiro atoms. The summed E-state index contributed by atoms with van der Waals surface area (Å²) in [7, 11) is 2.06. The summed E-state index contributed by atoms with van der Waals surface area (Å²) < 4.78 is 13.8. The summed E-state index contributed by atoms with van der Waals surface area (Å²) in [6.45, 7) is 7.86. The van der Waals surface area contributed by atoms with Crippen LogP contribution in [0.4, 0.5) is 4.39 Å². The Hall–Kier alpha value is -0.930. The highest BCUT2D eigenvalue weighted by Crippen LogP contribution is 2.29. The fourth-order valence-electron chi connectivity index (χ4n) is 2.80. The second kappa shape index (κ2) is 7.75. The summed E-state index contributed by atoms with van der Waals surface area (Å²) in [6.07, 6.45) is 3.19. The van der Waals surface area contributed by atoms with E-state index in [1.54, 1.807) is 6.07 Å². The third-order valence-corrected chi connectivity index (χ3v) is 4.64. The molecule has 0 amide bonds. The summed E-state index contributed by atoms with van der Waals surface area (Å²) in [6, 6.07) is 6.99. The van der Waals surface area contributed by atoms with E-state index in [0.29, 0.717) is 19.0 Å². The second-order valence-electron chi connectivity index (χ2n) is 5.95. The van der Waals surface area contributed by atoms with Crippen molar-refractivity contribution in [2.75, 3.05) is 13.6 Å². The van der Waals surface area contributed by atoms with Crippen molar-refractivity contribution in [3.63, 3.8) is 0 Å². The first-order valence-electron chi connectivity index (χ1n) is 7.63. The van der Waals surface area contributed by atoms with Crippen LogP contribution in [0.5, 0.6) is 0 Å². The summed E-state index contributed by atoms with van der Waals surface area (Å²) in [4.78, 5) is 2.23. The van der Waals surface area contributed by atoms with E-state index in [1.165, 1.54) is 6.07 Å². The number of halogens is 1. The van der Waals surface area contributed by atoms with Gasteiger partial charge < -0.3 is 5.73 Å². The minimum absolute atomic E-state index is 0.0439. The topological polar surface area (TPSA) is 29.3 Å². The minimum atomic E-state index is -0.134. The molecule has 0 aliphatic rings. The van der Waals surface area contributed by atoms with Crippen LogP contribution in [0, 0.1) is 11.7 Å². The van der Waals surface area contributed by atoms with E-state index in [9.17, 15) is 4.39 Å². The smallest absolute Gasteiger partial charge is 0.127 e. The number of nitrogens with zero attached hydrogens (tertiary/aromatic N) is 1. The van der Waals surface area contributed by atoms with Crippen LogP contribution in [0.3, 0.4) is 0 Å². The molecular formula is C17H29FN2. The van der Waals surface area contributed by atoms with Crippen molar-refractivity contribution < 1.29 is 4.39 Å². The first-order chi connectivity index (χ1) is 9.49. The number of likely N-dealkylation sites (N-methyl/N-ethyl adjacent to an activating group) is 1. The Morgan fingerprint density at radius 3 is 2.45 bits per heavy atom. The van der Waals surface area contributed by atoms with Crippen molar-refractivity contribution in [3.05, 3.63) is 35.6 Å². The van der Waals surface area contributed by atoms with Crippen LogP contribution >= 0.6 is 0 Å². The van der Waals surface area contributed by atoms with Gasteiger partial charge in [0.25, 0.3) is 0 Å². The van der Waals surface area contributed by atoms with Gasteiger partial charge >= 0.3 is 0 Å². The number of hydrogen-bond acceptors (Lipinski definition) is 2. The summed E-state index contributed by atoms with van der Waals surface area (Å²) in [5, 5.41) is 0. The molecule has 3 heteroatoms. The van der Waals surface area contributed by atoms with Gasteiger partial charge in [-0.15, -0.1) is 0 Å². The van der Waals surface area contributed by atoms with E-state index in [-0.39, 0.29) is 11.4 Å². The fraction of sp³-hybridized carbons (Fsp3) is 0.647. The van der Waals surface area contributed by atoms with Crippen molar-refractivity contribution in [1.29, 1.82) is 0 Å². The summed E-state index contributed by atoms with van der Waals surface area (Å²) >= 11 is 0. The molecule has 2 nitrogen and oxygen atoms in total. The van der Waals surface area contributed by atoms with Crippen molar-refractivity contribution >= 4 is 0 Å². The minimum Gasteiger partial charge on any atom is -0.329 e. The molecule has 1 aromatic rings. The zero-order chi connectivity index (χ0) is 15.2. The van der Waals surface area contributed by atoms with Gasteiger partial charge in [-0.05, 0) is 31.9 Å². The molecule has 1 rings (SSSR count). The Kier molecular flexibility index (Phi) is 6.63. The molecule has 0 heterocycles. The fourth-order valence-corrected chi connectivity index (χ4v) is 2.80. The first-order valence-corrected chi connectivity index (χ1v) is 7.63. The molecule has 20 heavy (non-hydrogen) atoms. The quantitative estimate of drug-likeness (QED) is 0.785. The molecule has 0 bridgehead atoms. The predicted octanol–water partition coefficient (Wildman–Crippen LogP) is 3.80. The van der Waals surface area contributed by atoms with Crippen molar-refractivity contribution in [2.24, 2.45) is 11.7 Å². The van der Waals surface area contributed by atoms with Gasteiger partial charge in [0.05, 0.1) is 0 Å². The molecule has 0 saturated carbocycles. The maximum Gasteiger partial charge on any atom is 0.127 e. The highest BCUT2D eigenvalue weighted by molar-refractivity contribution is 5.17. The third-order valence-electron chi connectivity index (χ3n) is 4.64. The monoisotopic (exact) mass is 280 g/mol. The number of nitrogens with two attached hydrogens (primary N) is 1. The molecule has 0 aliphatic carbocycles. The molecule has 2 N–H and O–H groups in total. The molecule has 2 atom stereocenters. The van der Waals surface area contributed by atoms with E-state index >= 15 is 0 Å². The summed E-state index contributed by atoms with van der Waals surface area (Å²) in [5.74, 6) is 0.492. The van der Waals surface area contributed by atoms with Crippen LogP contribution in [0.15, 0.2) is 24.3 Å². The molecule has 114 valence electrons. The highest BCUT2D eigenvalue weighted by Gasteiger charge is 2.32. The third kappa shape index (κ3) is 4.03. The Morgan fingerprint density at radius 1 is 1.30 bits per heavy atom. The molecular weight excluding hydrogens is 251 g/mol. The lowest BCUT2D eigenvalue weighted by molar-refractivity contribution is 0.0845. The molecule has 0 radical (unpaired) electrons. The molecule has 0 aromatic heterocycles. The Labute approximate surface area is 123 Å².